The lowest BCUT2D eigenvalue weighted by Crippen LogP contribution is -2.04. The maximum Gasteiger partial charge on any atom is 0.295 e. The molecule has 2 rings (SSSR count). The summed E-state index contributed by atoms with van der Waals surface area (Å²) in [6.45, 7) is 2.07. The van der Waals surface area contributed by atoms with Gasteiger partial charge < -0.3 is 5.32 Å². The highest BCUT2D eigenvalue weighted by Crippen LogP contribution is 2.33. The zero-order valence-corrected chi connectivity index (χ0v) is 14.1. The van der Waals surface area contributed by atoms with Crippen LogP contribution in [-0.4, -0.2) is 4.92 Å². The first-order valence-corrected chi connectivity index (χ1v) is 7.55. The molecule has 0 aromatic heterocycles. The van der Waals surface area contributed by atoms with Crippen molar-refractivity contribution in [1.82, 2.24) is 0 Å². The molecule has 0 radical (unpaired) electrons. The highest BCUT2D eigenvalue weighted by Gasteiger charge is 2.18. The maximum atomic E-state index is 11.2. The van der Waals surface area contributed by atoms with E-state index in [1.165, 1.54) is 0 Å². The number of nitro benzene ring substituents is 1. The van der Waals surface area contributed by atoms with E-state index in [0.29, 0.717) is 27.8 Å². The van der Waals surface area contributed by atoms with Crippen LogP contribution in [0.2, 0.25) is 10.0 Å². The molecule has 0 unspecified atom stereocenters. The van der Waals surface area contributed by atoms with Gasteiger partial charge in [-0.3, -0.25) is 10.1 Å². The molecule has 0 saturated heterocycles. The third kappa shape index (κ3) is 3.87. The SMILES string of the molecule is Cc1cc(Br)cc(NCc2ccc(Cl)cc2Cl)c1[N+](=O)[O-]. The third-order valence-electron chi connectivity index (χ3n) is 2.93. The molecular weight excluding hydrogens is 379 g/mol. The lowest BCUT2D eigenvalue weighted by molar-refractivity contribution is -0.384. The Hall–Kier alpha value is -1.30. The van der Waals surface area contributed by atoms with Gasteiger partial charge in [0.2, 0.25) is 0 Å². The van der Waals surface area contributed by atoms with Crippen LogP contribution >= 0.6 is 39.1 Å². The summed E-state index contributed by atoms with van der Waals surface area (Å²) >= 11 is 15.3. The Bertz CT molecular complexity index is 708. The van der Waals surface area contributed by atoms with Crippen molar-refractivity contribution in [3.63, 3.8) is 0 Å². The Kier molecular flexibility index (Phi) is 5.08. The van der Waals surface area contributed by atoms with Crippen LogP contribution in [0.4, 0.5) is 11.4 Å². The molecule has 0 amide bonds. The largest absolute Gasteiger partial charge is 0.375 e. The number of hydrogen-bond acceptors (Lipinski definition) is 3. The number of benzene rings is 2. The first kappa shape index (κ1) is 16.1. The molecule has 4 nitrogen and oxygen atoms in total. The van der Waals surface area contributed by atoms with Gasteiger partial charge in [0.1, 0.15) is 5.69 Å². The van der Waals surface area contributed by atoms with E-state index in [-0.39, 0.29) is 5.69 Å². The summed E-state index contributed by atoms with van der Waals surface area (Å²) in [4.78, 5) is 10.8. The van der Waals surface area contributed by atoms with Crippen molar-refractivity contribution in [3.8, 4) is 0 Å². The van der Waals surface area contributed by atoms with Crippen LogP contribution < -0.4 is 5.32 Å². The van der Waals surface area contributed by atoms with E-state index < -0.39 is 4.92 Å². The zero-order valence-electron chi connectivity index (χ0n) is 11.0. The van der Waals surface area contributed by atoms with Crippen LogP contribution in [0.25, 0.3) is 0 Å². The van der Waals surface area contributed by atoms with Crippen molar-refractivity contribution in [2.24, 2.45) is 0 Å². The van der Waals surface area contributed by atoms with Crippen molar-refractivity contribution in [2.75, 3.05) is 5.32 Å². The third-order valence-corrected chi connectivity index (χ3v) is 3.98. The molecule has 0 aliphatic heterocycles. The molecule has 0 saturated carbocycles. The first-order valence-electron chi connectivity index (χ1n) is 6.01. The van der Waals surface area contributed by atoms with Crippen LogP contribution in [0, 0.1) is 17.0 Å². The van der Waals surface area contributed by atoms with Crippen LogP contribution in [0.1, 0.15) is 11.1 Å². The molecule has 1 N–H and O–H groups in total. The number of nitro groups is 1. The summed E-state index contributed by atoms with van der Waals surface area (Å²) in [6, 6.07) is 8.54. The molecule has 0 fully saturated rings. The van der Waals surface area contributed by atoms with E-state index in [9.17, 15) is 10.1 Å². The fourth-order valence-electron chi connectivity index (χ4n) is 1.97. The number of nitrogens with one attached hydrogen (secondary N) is 1. The van der Waals surface area contributed by atoms with Crippen molar-refractivity contribution in [2.45, 2.75) is 13.5 Å². The van der Waals surface area contributed by atoms with Crippen molar-refractivity contribution >= 4 is 50.5 Å². The Balaban J connectivity index is 2.29. The quantitative estimate of drug-likeness (QED) is 0.548. The zero-order chi connectivity index (χ0) is 15.6. The van der Waals surface area contributed by atoms with E-state index in [4.69, 9.17) is 23.2 Å². The molecule has 21 heavy (non-hydrogen) atoms. The first-order chi connectivity index (χ1) is 9.88. The van der Waals surface area contributed by atoms with E-state index in [2.05, 4.69) is 21.2 Å². The van der Waals surface area contributed by atoms with Gasteiger partial charge in [-0.15, -0.1) is 0 Å². The van der Waals surface area contributed by atoms with Crippen LogP contribution in [-0.2, 0) is 6.54 Å². The molecular formula is C14H11BrCl2N2O2. The second kappa shape index (κ2) is 6.64. The highest BCUT2D eigenvalue weighted by atomic mass is 79.9. The topological polar surface area (TPSA) is 55.2 Å². The molecule has 0 bridgehead atoms. The predicted molar refractivity (Wildman–Crippen MR) is 89.3 cm³/mol. The van der Waals surface area contributed by atoms with Gasteiger partial charge >= 0.3 is 0 Å². The molecule has 0 aliphatic carbocycles. The molecule has 7 heteroatoms. The average Bonchev–Trinajstić information content (AvgIpc) is 2.36. The summed E-state index contributed by atoms with van der Waals surface area (Å²) < 4.78 is 0.773. The summed E-state index contributed by atoms with van der Waals surface area (Å²) in [7, 11) is 0. The van der Waals surface area contributed by atoms with Gasteiger partial charge in [0.05, 0.1) is 4.92 Å². The van der Waals surface area contributed by atoms with Gasteiger partial charge in [-0.05, 0) is 36.8 Å². The van der Waals surface area contributed by atoms with Crippen molar-refractivity contribution in [1.29, 1.82) is 0 Å². The monoisotopic (exact) mass is 388 g/mol. The summed E-state index contributed by atoms with van der Waals surface area (Å²) in [6.07, 6.45) is 0. The van der Waals surface area contributed by atoms with Crippen molar-refractivity contribution in [3.05, 3.63) is 66.1 Å². The van der Waals surface area contributed by atoms with Crippen LogP contribution in [0.5, 0.6) is 0 Å². The summed E-state index contributed by atoms with van der Waals surface area (Å²) in [5, 5.41) is 15.3. The molecule has 0 atom stereocenters. The van der Waals surface area contributed by atoms with Crippen molar-refractivity contribution < 1.29 is 4.92 Å². The fraction of sp³-hybridized carbons (Fsp3) is 0.143. The number of aryl methyl sites for hydroxylation is 1. The summed E-state index contributed by atoms with van der Waals surface area (Å²) in [5.41, 5.74) is 1.90. The van der Waals surface area contributed by atoms with Gasteiger partial charge in [-0.25, -0.2) is 0 Å². The van der Waals surface area contributed by atoms with Crippen LogP contribution in [0.15, 0.2) is 34.8 Å². The predicted octanol–water partition coefficient (Wildman–Crippen LogP) is 5.58. The molecule has 2 aromatic rings. The molecule has 110 valence electrons. The normalized spacial score (nSPS) is 10.5. The lowest BCUT2D eigenvalue weighted by Gasteiger charge is -2.11. The maximum absolute atomic E-state index is 11.2. The Labute approximate surface area is 140 Å². The average molecular weight is 390 g/mol. The smallest absolute Gasteiger partial charge is 0.295 e. The van der Waals surface area contributed by atoms with Gasteiger partial charge in [-0.1, -0.05) is 45.2 Å². The Morgan fingerprint density at radius 3 is 2.62 bits per heavy atom. The summed E-state index contributed by atoms with van der Waals surface area (Å²) in [5.74, 6) is 0. The highest BCUT2D eigenvalue weighted by molar-refractivity contribution is 9.10. The molecule has 0 heterocycles. The van der Waals surface area contributed by atoms with E-state index in [1.807, 2.05) is 0 Å². The van der Waals surface area contributed by atoms with E-state index in [1.54, 1.807) is 37.3 Å². The number of hydrogen-bond donors (Lipinski definition) is 1. The van der Waals surface area contributed by atoms with E-state index in [0.717, 1.165) is 10.0 Å². The van der Waals surface area contributed by atoms with Crippen LogP contribution in [0.3, 0.4) is 0 Å². The minimum Gasteiger partial charge on any atom is -0.375 e. The minimum atomic E-state index is -0.395. The lowest BCUT2D eigenvalue weighted by atomic mass is 10.1. The van der Waals surface area contributed by atoms with Gasteiger partial charge in [0.15, 0.2) is 0 Å². The Morgan fingerprint density at radius 2 is 2.00 bits per heavy atom. The number of halogens is 3. The second-order valence-electron chi connectivity index (χ2n) is 4.47. The standard InChI is InChI=1S/C14H11BrCl2N2O2/c1-8-4-10(15)5-13(14(8)19(20)21)18-7-9-2-3-11(16)6-12(9)17/h2-6,18H,7H2,1H3. The van der Waals surface area contributed by atoms with Gasteiger partial charge in [-0.2, -0.15) is 0 Å². The Morgan fingerprint density at radius 1 is 1.29 bits per heavy atom. The van der Waals surface area contributed by atoms with Gasteiger partial charge in [0, 0.05) is 26.6 Å². The van der Waals surface area contributed by atoms with Gasteiger partial charge in [0.25, 0.3) is 5.69 Å². The number of anilines is 1. The number of nitrogens with zero attached hydrogens (tertiary/aromatic N) is 1. The second-order valence-corrected chi connectivity index (χ2v) is 6.22. The molecule has 0 aliphatic rings. The molecule has 0 spiro atoms. The minimum absolute atomic E-state index is 0.0586. The molecule has 2 aromatic carbocycles. The number of rotatable bonds is 4. The fourth-order valence-corrected chi connectivity index (χ4v) is 3.02. The van der Waals surface area contributed by atoms with E-state index >= 15 is 0 Å².